The number of nitrogens with one attached hydrogen (secondary N) is 1. The van der Waals surface area contributed by atoms with Gasteiger partial charge in [-0.25, -0.2) is 4.39 Å². The van der Waals surface area contributed by atoms with E-state index in [2.05, 4.69) is 5.43 Å². The molecule has 0 saturated carbocycles. The Morgan fingerprint density at radius 2 is 2.00 bits per heavy atom. The van der Waals surface area contributed by atoms with E-state index < -0.39 is 0 Å². The molecule has 2 aromatic rings. The molecule has 0 aromatic heterocycles. The lowest BCUT2D eigenvalue weighted by Gasteiger charge is -2.18. The van der Waals surface area contributed by atoms with Crippen molar-refractivity contribution in [2.75, 3.05) is 0 Å². The van der Waals surface area contributed by atoms with Crippen molar-refractivity contribution in [3.05, 3.63) is 70.0 Å². The Kier molecular flexibility index (Phi) is 4.53. The van der Waals surface area contributed by atoms with Gasteiger partial charge in [0.2, 0.25) is 0 Å². The molecule has 0 fully saturated rings. The van der Waals surface area contributed by atoms with Gasteiger partial charge < -0.3 is 0 Å². The van der Waals surface area contributed by atoms with E-state index in [9.17, 15) is 4.39 Å². The maximum absolute atomic E-state index is 13.8. The van der Waals surface area contributed by atoms with Crippen LogP contribution in [0.15, 0.2) is 42.5 Å². The Bertz CT molecular complexity index is 572. The second kappa shape index (κ2) is 6.15. The van der Waals surface area contributed by atoms with Gasteiger partial charge in [0, 0.05) is 10.6 Å². The molecule has 1 atom stereocenters. The number of hydrogen-bond donors (Lipinski definition) is 2. The molecule has 0 amide bonds. The highest BCUT2D eigenvalue weighted by Crippen LogP contribution is 2.25. The molecule has 2 nitrogen and oxygen atoms in total. The highest BCUT2D eigenvalue weighted by atomic mass is 35.5. The Hall–Kier alpha value is -1.42. The smallest absolute Gasteiger partial charge is 0.128 e. The minimum atomic E-state index is -0.304. The normalized spacial score (nSPS) is 12.4. The molecular weight excluding hydrogens is 263 g/mol. The molecule has 0 aliphatic heterocycles. The quantitative estimate of drug-likeness (QED) is 0.663. The van der Waals surface area contributed by atoms with Gasteiger partial charge in [-0.3, -0.25) is 11.3 Å². The SMILES string of the molecule is Cc1ccc(CC(NN)c2ccccc2F)c(Cl)c1. The van der Waals surface area contributed by atoms with E-state index in [1.54, 1.807) is 18.2 Å². The summed E-state index contributed by atoms with van der Waals surface area (Å²) in [4.78, 5) is 0. The molecule has 100 valence electrons. The van der Waals surface area contributed by atoms with Crippen LogP contribution in [-0.4, -0.2) is 0 Å². The second-order valence-corrected chi connectivity index (χ2v) is 4.95. The molecule has 1 unspecified atom stereocenters. The Morgan fingerprint density at radius 3 is 2.63 bits per heavy atom. The average Bonchev–Trinajstić information content (AvgIpc) is 2.39. The summed E-state index contributed by atoms with van der Waals surface area (Å²) in [6.45, 7) is 1.98. The van der Waals surface area contributed by atoms with Gasteiger partial charge in [0.1, 0.15) is 5.82 Å². The number of nitrogens with two attached hydrogens (primary N) is 1. The predicted molar refractivity (Wildman–Crippen MR) is 76.4 cm³/mol. The first kappa shape index (κ1) is 14.0. The van der Waals surface area contributed by atoms with Crippen LogP contribution >= 0.6 is 11.6 Å². The van der Waals surface area contributed by atoms with E-state index in [0.29, 0.717) is 17.0 Å². The van der Waals surface area contributed by atoms with Gasteiger partial charge in [-0.05, 0) is 36.6 Å². The Morgan fingerprint density at radius 1 is 1.26 bits per heavy atom. The number of rotatable bonds is 4. The molecule has 0 spiro atoms. The first-order valence-corrected chi connectivity index (χ1v) is 6.45. The number of benzene rings is 2. The van der Waals surface area contributed by atoms with Gasteiger partial charge >= 0.3 is 0 Å². The zero-order valence-corrected chi connectivity index (χ0v) is 11.4. The number of hydrazine groups is 1. The molecule has 0 heterocycles. The summed E-state index contributed by atoms with van der Waals surface area (Å²) in [6, 6.07) is 12.1. The van der Waals surface area contributed by atoms with Gasteiger partial charge in [-0.1, -0.05) is 41.9 Å². The molecule has 2 rings (SSSR count). The highest BCUT2D eigenvalue weighted by molar-refractivity contribution is 6.31. The summed E-state index contributed by atoms with van der Waals surface area (Å²) in [6.07, 6.45) is 0.538. The molecule has 0 radical (unpaired) electrons. The van der Waals surface area contributed by atoms with Gasteiger partial charge in [0.15, 0.2) is 0 Å². The van der Waals surface area contributed by atoms with Crippen LogP contribution in [0, 0.1) is 12.7 Å². The summed E-state index contributed by atoms with van der Waals surface area (Å²) < 4.78 is 13.8. The van der Waals surface area contributed by atoms with Gasteiger partial charge in [-0.15, -0.1) is 0 Å². The number of halogens is 2. The zero-order chi connectivity index (χ0) is 13.8. The molecule has 0 aliphatic rings. The fourth-order valence-corrected chi connectivity index (χ4v) is 2.37. The lowest BCUT2D eigenvalue weighted by atomic mass is 9.98. The van der Waals surface area contributed by atoms with Crippen LogP contribution in [0.3, 0.4) is 0 Å². The van der Waals surface area contributed by atoms with Crippen LogP contribution in [0.25, 0.3) is 0 Å². The first-order chi connectivity index (χ1) is 9.11. The van der Waals surface area contributed by atoms with Crippen molar-refractivity contribution >= 4 is 11.6 Å². The summed E-state index contributed by atoms with van der Waals surface area (Å²) in [5, 5.41) is 0.677. The third-order valence-corrected chi connectivity index (χ3v) is 3.47. The van der Waals surface area contributed by atoms with Crippen LogP contribution in [0.2, 0.25) is 5.02 Å². The van der Waals surface area contributed by atoms with E-state index in [-0.39, 0.29) is 11.9 Å². The third kappa shape index (κ3) is 3.32. The van der Waals surface area contributed by atoms with Crippen LogP contribution in [0.4, 0.5) is 4.39 Å². The standard InChI is InChI=1S/C15H16ClFN2/c1-10-6-7-11(13(16)8-10)9-15(19-18)12-4-2-3-5-14(12)17/h2-8,15,19H,9,18H2,1H3. The highest BCUT2D eigenvalue weighted by Gasteiger charge is 2.15. The monoisotopic (exact) mass is 278 g/mol. The number of aryl methyl sites for hydroxylation is 1. The Balaban J connectivity index is 2.27. The lowest BCUT2D eigenvalue weighted by molar-refractivity contribution is 0.510. The van der Waals surface area contributed by atoms with E-state index in [4.69, 9.17) is 17.4 Å². The van der Waals surface area contributed by atoms with Crippen molar-refractivity contribution in [1.29, 1.82) is 0 Å². The van der Waals surface area contributed by atoms with Crippen LogP contribution in [0.1, 0.15) is 22.7 Å². The minimum Gasteiger partial charge on any atom is -0.271 e. The van der Waals surface area contributed by atoms with Crippen molar-refractivity contribution in [3.8, 4) is 0 Å². The topological polar surface area (TPSA) is 38.0 Å². The average molecular weight is 279 g/mol. The third-order valence-electron chi connectivity index (χ3n) is 3.11. The van der Waals surface area contributed by atoms with Gasteiger partial charge in [0.25, 0.3) is 0 Å². The van der Waals surface area contributed by atoms with Gasteiger partial charge in [-0.2, -0.15) is 0 Å². The molecule has 0 saturated heterocycles. The van der Waals surface area contributed by atoms with Crippen molar-refractivity contribution in [1.82, 2.24) is 5.43 Å². The van der Waals surface area contributed by atoms with Gasteiger partial charge in [0.05, 0.1) is 6.04 Å². The molecule has 19 heavy (non-hydrogen) atoms. The van der Waals surface area contributed by atoms with Crippen LogP contribution < -0.4 is 11.3 Å². The van der Waals surface area contributed by atoms with Crippen LogP contribution in [0.5, 0.6) is 0 Å². The summed E-state index contributed by atoms with van der Waals surface area (Å²) in [5.74, 6) is 5.27. The first-order valence-electron chi connectivity index (χ1n) is 6.07. The van der Waals surface area contributed by atoms with Crippen molar-refractivity contribution < 1.29 is 4.39 Å². The fraction of sp³-hybridized carbons (Fsp3) is 0.200. The lowest BCUT2D eigenvalue weighted by Crippen LogP contribution is -2.30. The zero-order valence-electron chi connectivity index (χ0n) is 10.7. The van der Waals surface area contributed by atoms with Crippen molar-refractivity contribution in [2.45, 2.75) is 19.4 Å². The van der Waals surface area contributed by atoms with E-state index in [1.165, 1.54) is 6.07 Å². The van der Waals surface area contributed by atoms with E-state index >= 15 is 0 Å². The van der Waals surface area contributed by atoms with E-state index in [1.807, 2.05) is 25.1 Å². The van der Waals surface area contributed by atoms with Crippen LogP contribution in [-0.2, 0) is 6.42 Å². The van der Waals surface area contributed by atoms with Crippen molar-refractivity contribution in [3.63, 3.8) is 0 Å². The molecule has 3 N–H and O–H groups in total. The fourth-order valence-electron chi connectivity index (χ4n) is 2.05. The second-order valence-electron chi connectivity index (χ2n) is 4.54. The summed E-state index contributed by atoms with van der Waals surface area (Å²) >= 11 is 6.20. The summed E-state index contributed by atoms with van der Waals surface area (Å²) in [7, 11) is 0. The maximum atomic E-state index is 13.8. The van der Waals surface area contributed by atoms with E-state index in [0.717, 1.165) is 11.1 Å². The van der Waals surface area contributed by atoms with Crippen molar-refractivity contribution in [2.24, 2.45) is 5.84 Å². The largest absolute Gasteiger partial charge is 0.271 e. The molecule has 0 bridgehead atoms. The molecule has 2 aromatic carbocycles. The maximum Gasteiger partial charge on any atom is 0.128 e. The molecular formula is C15H16ClFN2. The predicted octanol–water partition coefficient (Wildman–Crippen LogP) is 3.53. The Labute approximate surface area is 117 Å². The molecule has 0 aliphatic carbocycles. The molecule has 4 heteroatoms. The number of hydrogen-bond acceptors (Lipinski definition) is 2. The minimum absolute atomic E-state index is 0.270. The summed E-state index contributed by atoms with van der Waals surface area (Å²) in [5.41, 5.74) is 5.23.